The average Bonchev–Trinajstić information content (AvgIpc) is 2.90. The van der Waals surface area contributed by atoms with Crippen LogP contribution in [0.4, 0.5) is 0 Å². The molecule has 0 atom stereocenters. The van der Waals surface area contributed by atoms with Gasteiger partial charge in [-0.05, 0) is 30.2 Å². The second-order valence-electron chi connectivity index (χ2n) is 6.28. The van der Waals surface area contributed by atoms with Gasteiger partial charge in [0.1, 0.15) is 5.52 Å². The molecule has 22 heavy (non-hydrogen) atoms. The molecule has 0 radical (unpaired) electrons. The van der Waals surface area contributed by atoms with Gasteiger partial charge in [0, 0.05) is 23.3 Å². The van der Waals surface area contributed by atoms with E-state index in [-0.39, 0.29) is 5.41 Å². The van der Waals surface area contributed by atoms with Crippen molar-refractivity contribution in [1.82, 2.24) is 14.5 Å². The van der Waals surface area contributed by atoms with Crippen LogP contribution in [0, 0.1) is 5.41 Å². The number of nitrogens with two attached hydrogens (primary N) is 1. The van der Waals surface area contributed by atoms with Gasteiger partial charge in [-0.1, -0.05) is 37.6 Å². The number of aromatic nitrogens is 3. The molecule has 0 unspecified atom stereocenters. The van der Waals surface area contributed by atoms with E-state index in [2.05, 4.69) is 28.4 Å². The van der Waals surface area contributed by atoms with E-state index in [1.807, 2.05) is 42.9 Å². The van der Waals surface area contributed by atoms with Crippen LogP contribution in [0.5, 0.6) is 0 Å². The molecule has 0 amide bonds. The van der Waals surface area contributed by atoms with Crippen LogP contribution in [0.1, 0.15) is 13.8 Å². The van der Waals surface area contributed by atoms with E-state index in [1.54, 1.807) is 0 Å². The SMILES string of the molecule is CC(C)(CN)Cn1cnc2c(-c3cccc(Cl)c3)nccc21. The van der Waals surface area contributed by atoms with Gasteiger partial charge in [-0.3, -0.25) is 4.98 Å². The summed E-state index contributed by atoms with van der Waals surface area (Å²) >= 11 is 6.09. The van der Waals surface area contributed by atoms with Gasteiger partial charge in [-0.25, -0.2) is 4.98 Å². The molecular formula is C17H19ClN4. The number of hydrogen-bond donors (Lipinski definition) is 1. The van der Waals surface area contributed by atoms with Crippen LogP contribution in [0.15, 0.2) is 42.9 Å². The molecule has 0 saturated heterocycles. The first-order valence-corrected chi connectivity index (χ1v) is 7.64. The minimum absolute atomic E-state index is 0.0210. The summed E-state index contributed by atoms with van der Waals surface area (Å²) in [6, 6.07) is 9.67. The molecule has 0 fully saturated rings. The van der Waals surface area contributed by atoms with E-state index < -0.39 is 0 Å². The summed E-state index contributed by atoms with van der Waals surface area (Å²) in [7, 11) is 0. The summed E-state index contributed by atoms with van der Waals surface area (Å²) in [5, 5.41) is 0.694. The van der Waals surface area contributed by atoms with Gasteiger partial charge < -0.3 is 10.3 Å². The standard InChI is InChI=1S/C17H19ClN4/c1-17(2,9-19)10-22-11-21-16-14(22)6-7-20-15(16)12-4-3-5-13(18)8-12/h3-8,11H,9-10,19H2,1-2H3. The van der Waals surface area contributed by atoms with E-state index in [1.165, 1.54) is 0 Å². The predicted octanol–water partition coefficient (Wildman–Crippen LogP) is 3.74. The van der Waals surface area contributed by atoms with Crippen LogP contribution < -0.4 is 5.73 Å². The lowest BCUT2D eigenvalue weighted by Crippen LogP contribution is -2.28. The number of hydrogen-bond acceptors (Lipinski definition) is 3. The summed E-state index contributed by atoms with van der Waals surface area (Å²) in [6.07, 6.45) is 3.67. The Morgan fingerprint density at radius 3 is 2.77 bits per heavy atom. The van der Waals surface area contributed by atoms with Gasteiger partial charge in [0.05, 0.1) is 17.5 Å². The first-order valence-electron chi connectivity index (χ1n) is 7.26. The fourth-order valence-electron chi connectivity index (χ4n) is 2.49. The number of imidazole rings is 1. The Labute approximate surface area is 134 Å². The summed E-state index contributed by atoms with van der Waals surface area (Å²) in [5.74, 6) is 0. The summed E-state index contributed by atoms with van der Waals surface area (Å²) < 4.78 is 2.14. The molecule has 114 valence electrons. The number of nitrogens with zero attached hydrogens (tertiary/aromatic N) is 3. The Kier molecular flexibility index (Phi) is 3.89. The number of fused-ring (bicyclic) bond motifs is 1. The first kappa shape index (κ1) is 15.0. The fourth-order valence-corrected chi connectivity index (χ4v) is 2.68. The summed E-state index contributed by atoms with van der Waals surface area (Å²) in [4.78, 5) is 9.05. The largest absolute Gasteiger partial charge is 0.330 e. The second-order valence-corrected chi connectivity index (χ2v) is 6.71. The molecule has 3 aromatic rings. The summed E-state index contributed by atoms with van der Waals surface area (Å²) in [5.41, 5.74) is 9.64. The maximum atomic E-state index is 6.09. The highest BCUT2D eigenvalue weighted by Crippen LogP contribution is 2.28. The van der Waals surface area contributed by atoms with Gasteiger partial charge >= 0.3 is 0 Å². The lowest BCUT2D eigenvalue weighted by atomic mass is 9.94. The molecule has 0 bridgehead atoms. The third kappa shape index (κ3) is 2.85. The summed E-state index contributed by atoms with van der Waals surface area (Å²) in [6.45, 7) is 5.74. The van der Waals surface area contributed by atoms with Crippen LogP contribution >= 0.6 is 11.6 Å². The molecule has 0 aliphatic carbocycles. The predicted molar refractivity (Wildman–Crippen MR) is 90.8 cm³/mol. The molecule has 5 heteroatoms. The van der Waals surface area contributed by atoms with Crippen LogP contribution in [0.2, 0.25) is 5.02 Å². The lowest BCUT2D eigenvalue weighted by molar-refractivity contribution is 0.321. The Balaban J connectivity index is 2.10. The van der Waals surface area contributed by atoms with E-state index in [4.69, 9.17) is 17.3 Å². The minimum atomic E-state index is 0.0210. The molecule has 2 N–H and O–H groups in total. The maximum absolute atomic E-state index is 6.09. The van der Waals surface area contributed by atoms with Crippen molar-refractivity contribution in [3.8, 4) is 11.3 Å². The fraction of sp³-hybridized carbons (Fsp3) is 0.294. The number of halogens is 1. The highest BCUT2D eigenvalue weighted by molar-refractivity contribution is 6.30. The van der Waals surface area contributed by atoms with Crippen molar-refractivity contribution in [1.29, 1.82) is 0 Å². The zero-order valence-electron chi connectivity index (χ0n) is 12.8. The zero-order valence-corrected chi connectivity index (χ0v) is 13.5. The molecule has 0 saturated carbocycles. The van der Waals surface area contributed by atoms with Crippen LogP contribution in [-0.2, 0) is 6.54 Å². The molecule has 2 heterocycles. The van der Waals surface area contributed by atoms with Crippen molar-refractivity contribution in [3.05, 3.63) is 47.9 Å². The highest BCUT2D eigenvalue weighted by atomic mass is 35.5. The van der Waals surface area contributed by atoms with Crippen molar-refractivity contribution >= 4 is 22.6 Å². The minimum Gasteiger partial charge on any atom is -0.330 e. The smallest absolute Gasteiger partial charge is 0.115 e. The third-order valence-electron chi connectivity index (χ3n) is 3.79. The van der Waals surface area contributed by atoms with Gasteiger partial charge in [0.15, 0.2) is 0 Å². The monoisotopic (exact) mass is 314 g/mol. The van der Waals surface area contributed by atoms with Crippen LogP contribution in [-0.4, -0.2) is 21.1 Å². The Bertz CT molecular complexity index is 807. The van der Waals surface area contributed by atoms with Crippen molar-refractivity contribution in [2.45, 2.75) is 20.4 Å². The van der Waals surface area contributed by atoms with Gasteiger partial charge in [-0.15, -0.1) is 0 Å². The molecule has 1 aromatic carbocycles. The van der Waals surface area contributed by atoms with E-state index in [0.717, 1.165) is 28.8 Å². The Morgan fingerprint density at radius 1 is 1.23 bits per heavy atom. The molecule has 3 rings (SSSR count). The number of benzene rings is 1. The Morgan fingerprint density at radius 2 is 2.05 bits per heavy atom. The molecule has 4 nitrogen and oxygen atoms in total. The highest BCUT2D eigenvalue weighted by Gasteiger charge is 2.18. The molecule has 0 aliphatic heterocycles. The van der Waals surface area contributed by atoms with Gasteiger partial charge in [0.2, 0.25) is 0 Å². The first-order chi connectivity index (χ1) is 10.5. The quantitative estimate of drug-likeness (QED) is 0.798. The number of rotatable bonds is 4. The Hall–Kier alpha value is -1.91. The average molecular weight is 315 g/mol. The molecule has 0 spiro atoms. The number of pyridine rings is 1. The van der Waals surface area contributed by atoms with Crippen molar-refractivity contribution in [3.63, 3.8) is 0 Å². The normalized spacial score (nSPS) is 12.0. The van der Waals surface area contributed by atoms with Crippen LogP contribution in [0.25, 0.3) is 22.3 Å². The van der Waals surface area contributed by atoms with Crippen LogP contribution in [0.3, 0.4) is 0 Å². The van der Waals surface area contributed by atoms with E-state index >= 15 is 0 Å². The topological polar surface area (TPSA) is 56.7 Å². The van der Waals surface area contributed by atoms with Crippen molar-refractivity contribution < 1.29 is 0 Å². The molecular weight excluding hydrogens is 296 g/mol. The van der Waals surface area contributed by atoms with E-state index in [9.17, 15) is 0 Å². The van der Waals surface area contributed by atoms with Gasteiger partial charge in [0.25, 0.3) is 0 Å². The van der Waals surface area contributed by atoms with Crippen molar-refractivity contribution in [2.75, 3.05) is 6.54 Å². The third-order valence-corrected chi connectivity index (χ3v) is 4.02. The molecule has 2 aromatic heterocycles. The van der Waals surface area contributed by atoms with Gasteiger partial charge in [-0.2, -0.15) is 0 Å². The maximum Gasteiger partial charge on any atom is 0.115 e. The van der Waals surface area contributed by atoms with E-state index in [0.29, 0.717) is 11.6 Å². The lowest BCUT2D eigenvalue weighted by Gasteiger charge is -2.23. The van der Waals surface area contributed by atoms with Crippen molar-refractivity contribution in [2.24, 2.45) is 11.1 Å². The molecule has 0 aliphatic rings. The second kappa shape index (κ2) is 5.71. The zero-order chi connectivity index (χ0) is 15.7.